The van der Waals surface area contributed by atoms with Gasteiger partial charge >= 0.3 is 5.97 Å². The van der Waals surface area contributed by atoms with E-state index in [4.69, 9.17) is 4.74 Å². The molecule has 1 fully saturated rings. The van der Waals surface area contributed by atoms with E-state index in [1.807, 2.05) is 18.2 Å². The van der Waals surface area contributed by atoms with E-state index in [2.05, 4.69) is 5.32 Å². The molecule has 0 unspecified atom stereocenters. The first-order valence-electron chi connectivity index (χ1n) is 9.33. The predicted octanol–water partition coefficient (Wildman–Crippen LogP) is 3.72. The van der Waals surface area contributed by atoms with Crippen LogP contribution in [0.4, 0.5) is 15.8 Å². The van der Waals surface area contributed by atoms with Crippen molar-refractivity contribution in [3.05, 3.63) is 54.3 Å². The highest BCUT2D eigenvalue weighted by molar-refractivity contribution is 8.02. The number of rotatable bonds is 5. The van der Waals surface area contributed by atoms with Gasteiger partial charge in [-0.15, -0.1) is 0 Å². The van der Waals surface area contributed by atoms with Crippen molar-refractivity contribution in [3.8, 4) is 0 Å². The van der Waals surface area contributed by atoms with Gasteiger partial charge in [0.1, 0.15) is 5.82 Å². The van der Waals surface area contributed by atoms with Gasteiger partial charge in [0.15, 0.2) is 11.0 Å². The molecule has 2 heterocycles. The molecule has 1 saturated heterocycles. The number of halogens is 1. The molecule has 29 heavy (non-hydrogen) atoms. The van der Waals surface area contributed by atoms with Crippen molar-refractivity contribution in [1.29, 1.82) is 0 Å². The van der Waals surface area contributed by atoms with Crippen molar-refractivity contribution in [3.63, 3.8) is 0 Å². The molecule has 0 aliphatic carbocycles. The van der Waals surface area contributed by atoms with E-state index in [-0.39, 0.29) is 18.7 Å². The van der Waals surface area contributed by atoms with Crippen molar-refractivity contribution in [2.45, 2.75) is 42.1 Å². The summed E-state index contributed by atoms with van der Waals surface area (Å²) in [7, 11) is 0. The number of carbonyl (C=O) groups excluding carboxylic acids is 3. The highest BCUT2D eigenvalue weighted by Crippen LogP contribution is 2.56. The Balaban J connectivity index is 1.52. The normalized spacial score (nSPS) is 20.8. The van der Waals surface area contributed by atoms with Crippen molar-refractivity contribution >= 4 is 40.9 Å². The number of fused-ring (bicyclic) bond motifs is 3. The smallest absolute Gasteiger partial charge is 0.344 e. The van der Waals surface area contributed by atoms with Gasteiger partial charge in [-0.1, -0.05) is 30.8 Å². The molecular formula is C21H19FN2O4S. The van der Waals surface area contributed by atoms with E-state index in [1.54, 1.807) is 13.0 Å². The highest BCUT2D eigenvalue weighted by Gasteiger charge is 2.59. The molecule has 8 heteroatoms. The SMILES string of the molecule is CC[C@@H](OC(=O)[C@]12CCC(=O)N1c1ccccc1S2)C(=O)Nc1ccc(F)cc1. The first-order valence-corrected chi connectivity index (χ1v) is 10.1. The number of hydrogen-bond donors (Lipinski definition) is 1. The van der Waals surface area contributed by atoms with E-state index >= 15 is 0 Å². The highest BCUT2D eigenvalue weighted by atomic mass is 32.2. The van der Waals surface area contributed by atoms with Gasteiger partial charge in [-0.05, 0) is 42.8 Å². The fraction of sp³-hybridized carbons (Fsp3) is 0.286. The zero-order valence-electron chi connectivity index (χ0n) is 15.7. The molecule has 150 valence electrons. The number of amides is 2. The molecule has 0 radical (unpaired) electrons. The minimum Gasteiger partial charge on any atom is -0.450 e. The fourth-order valence-corrected chi connectivity index (χ4v) is 4.97. The van der Waals surface area contributed by atoms with Crippen LogP contribution in [0.5, 0.6) is 0 Å². The standard InChI is InChI=1S/C21H19FN2O4S/c1-2-16(19(26)23-14-9-7-13(22)8-10-14)28-20(27)21-12-11-18(25)24(21)15-5-3-4-6-17(15)29-21/h3-10,16H,2,11-12H2,1H3,(H,23,26)/t16-,21-/m1/s1. The van der Waals surface area contributed by atoms with Gasteiger partial charge in [-0.3, -0.25) is 14.5 Å². The van der Waals surface area contributed by atoms with Crippen LogP contribution in [-0.2, 0) is 19.1 Å². The number of benzene rings is 2. The summed E-state index contributed by atoms with van der Waals surface area (Å²) in [5, 5.41) is 2.63. The lowest BCUT2D eigenvalue weighted by atomic mass is 10.2. The quantitative estimate of drug-likeness (QED) is 0.755. The number of thioether (sulfide) groups is 1. The van der Waals surface area contributed by atoms with Crippen molar-refractivity contribution in [2.75, 3.05) is 10.2 Å². The minimum atomic E-state index is -1.18. The van der Waals surface area contributed by atoms with Gasteiger partial charge in [0.05, 0.1) is 5.69 Å². The third-order valence-corrected chi connectivity index (χ3v) is 6.47. The molecule has 2 aromatic carbocycles. The molecule has 6 nitrogen and oxygen atoms in total. The second kappa shape index (κ2) is 7.51. The summed E-state index contributed by atoms with van der Waals surface area (Å²) in [6.45, 7) is 1.73. The first kappa shape index (κ1) is 19.4. The second-order valence-electron chi connectivity index (χ2n) is 6.88. The van der Waals surface area contributed by atoms with E-state index in [0.717, 1.165) is 4.90 Å². The maximum Gasteiger partial charge on any atom is 0.344 e. The van der Waals surface area contributed by atoms with Crippen LogP contribution in [0.2, 0.25) is 0 Å². The van der Waals surface area contributed by atoms with Gasteiger partial charge < -0.3 is 10.1 Å². The Kier molecular flexibility index (Phi) is 5.04. The first-order chi connectivity index (χ1) is 13.9. The zero-order chi connectivity index (χ0) is 20.6. The molecule has 0 bridgehead atoms. The van der Waals surface area contributed by atoms with Crippen LogP contribution in [0.25, 0.3) is 0 Å². The number of carbonyl (C=O) groups is 3. The third kappa shape index (κ3) is 3.37. The monoisotopic (exact) mass is 414 g/mol. The zero-order valence-corrected chi connectivity index (χ0v) is 16.5. The van der Waals surface area contributed by atoms with Gasteiger partial charge in [0, 0.05) is 23.4 Å². The van der Waals surface area contributed by atoms with Crippen LogP contribution >= 0.6 is 11.8 Å². The summed E-state index contributed by atoms with van der Waals surface area (Å²) in [6.07, 6.45) is -0.195. The van der Waals surface area contributed by atoms with E-state index in [9.17, 15) is 18.8 Å². The number of nitrogens with one attached hydrogen (secondary N) is 1. The summed E-state index contributed by atoms with van der Waals surface area (Å²) >= 11 is 1.29. The van der Waals surface area contributed by atoms with E-state index < -0.39 is 28.7 Å². The van der Waals surface area contributed by atoms with Gasteiger partial charge in [-0.25, -0.2) is 9.18 Å². The summed E-state index contributed by atoms with van der Waals surface area (Å²) in [6, 6.07) is 12.7. The molecule has 2 aromatic rings. The second-order valence-corrected chi connectivity index (χ2v) is 8.20. The number of esters is 1. The number of anilines is 2. The van der Waals surface area contributed by atoms with Crippen LogP contribution in [0.1, 0.15) is 26.2 Å². The molecule has 2 aliphatic rings. The Morgan fingerprint density at radius 3 is 2.69 bits per heavy atom. The average molecular weight is 414 g/mol. The lowest BCUT2D eigenvalue weighted by molar-refractivity contribution is -0.156. The van der Waals surface area contributed by atoms with Gasteiger partial charge in [0.25, 0.3) is 5.91 Å². The molecule has 2 amide bonds. The maximum atomic E-state index is 13.2. The Morgan fingerprint density at radius 2 is 1.97 bits per heavy atom. The molecule has 1 N–H and O–H groups in total. The van der Waals surface area contributed by atoms with Crippen LogP contribution in [0.3, 0.4) is 0 Å². The average Bonchev–Trinajstić information content (AvgIpc) is 3.23. The summed E-state index contributed by atoms with van der Waals surface area (Å²) in [5.74, 6) is -1.65. The predicted molar refractivity (Wildman–Crippen MR) is 107 cm³/mol. The Hall–Kier alpha value is -2.87. The molecule has 0 aromatic heterocycles. The topological polar surface area (TPSA) is 75.7 Å². The Bertz CT molecular complexity index is 981. The largest absolute Gasteiger partial charge is 0.450 e. The number of para-hydroxylation sites is 1. The van der Waals surface area contributed by atoms with Crippen LogP contribution in [0, 0.1) is 5.82 Å². The van der Waals surface area contributed by atoms with Crippen molar-refractivity contribution in [1.82, 2.24) is 0 Å². The molecule has 0 saturated carbocycles. The summed E-state index contributed by atoms with van der Waals surface area (Å²) in [5.41, 5.74) is 1.10. The lowest BCUT2D eigenvalue weighted by Crippen LogP contribution is -2.49. The Morgan fingerprint density at radius 1 is 1.24 bits per heavy atom. The molecular weight excluding hydrogens is 395 g/mol. The number of hydrogen-bond acceptors (Lipinski definition) is 5. The van der Waals surface area contributed by atoms with E-state index in [1.165, 1.54) is 40.9 Å². The Labute approximate surface area is 171 Å². The van der Waals surface area contributed by atoms with Crippen LogP contribution < -0.4 is 10.2 Å². The van der Waals surface area contributed by atoms with Gasteiger partial charge in [-0.2, -0.15) is 0 Å². The molecule has 2 atom stereocenters. The van der Waals surface area contributed by atoms with Crippen molar-refractivity contribution < 1.29 is 23.5 Å². The minimum absolute atomic E-state index is 0.136. The number of ether oxygens (including phenoxy) is 1. The molecule has 0 spiro atoms. The lowest BCUT2D eigenvalue weighted by Gasteiger charge is -2.30. The van der Waals surface area contributed by atoms with Gasteiger partial charge in [0.2, 0.25) is 5.91 Å². The molecule has 2 aliphatic heterocycles. The molecule has 4 rings (SSSR count). The van der Waals surface area contributed by atoms with E-state index in [0.29, 0.717) is 17.8 Å². The summed E-state index contributed by atoms with van der Waals surface area (Å²) < 4.78 is 18.6. The van der Waals surface area contributed by atoms with Crippen LogP contribution in [0.15, 0.2) is 53.4 Å². The summed E-state index contributed by atoms with van der Waals surface area (Å²) in [4.78, 5) is 39.4. The maximum absolute atomic E-state index is 13.2. The number of nitrogens with zero attached hydrogens (tertiary/aromatic N) is 1. The van der Waals surface area contributed by atoms with Crippen LogP contribution in [-0.4, -0.2) is 28.8 Å². The third-order valence-electron chi connectivity index (χ3n) is 5.02. The fourth-order valence-electron chi connectivity index (χ4n) is 3.57. The van der Waals surface area contributed by atoms with Crippen molar-refractivity contribution in [2.24, 2.45) is 0 Å².